The molecule has 32 heavy (non-hydrogen) atoms. The number of carbonyl (C=O) groups excluding carboxylic acids is 2. The first-order valence-electron chi connectivity index (χ1n) is 11.3. The van der Waals surface area contributed by atoms with Crippen molar-refractivity contribution in [2.24, 2.45) is 0 Å². The van der Waals surface area contributed by atoms with Crippen LogP contribution in [0, 0.1) is 0 Å². The van der Waals surface area contributed by atoms with Crippen molar-refractivity contribution in [3.05, 3.63) is 47.2 Å². The van der Waals surface area contributed by atoms with Crippen LogP contribution >= 0.6 is 0 Å². The number of hydrogen-bond donors (Lipinski definition) is 2. The summed E-state index contributed by atoms with van der Waals surface area (Å²) in [5.74, 6) is -0.611. The minimum Gasteiger partial charge on any atom is -0.503 e. The monoisotopic (exact) mass is 461 g/mol. The van der Waals surface area contributed by atoms with Crippen molar-refractivity contribution in [1.82, 2.24) is 15.1 Å². The summed E-state index contributed by atoms with van der Waals surface area (Å²) in [6, 6.07) is 10.5. The maximum Gasteiger partial charge on any atom is 0.289 e. The lowest BCUT2D eigenvalue weighted by atomic mass is 9.82. The Hall–Kier alpha value is -2.39. The van der Waals surface area contributed by atoms with Crippen molar-refractivity contribution in [2.45, 2.75) is 37.6 Å². The van der Waals surface area contributed by atoms with Gasteiger partial charge in [-0.25, -0.2) is 8.42 Å². The fourth-order valence-electron chi connectivity index (χ4n) is 4.78. The van der Waals surface area contributed by atoms with Crippen molar-refractivity contribution >= 4 is 21.7 Å². The van der Waals surface area contributed by atoms with Crippen molar-refractivity contribution in [3.63, 3.8) is 0 Å². The number of nitrogens with one attached hydrogen (secondary N) is 1. The summed E-state index contributed by atoms with van der Waals surface area (Å²) < 4.78 is 23.1. The normalized spacial score (nSPS) is 26.4. The molecule has 0 spiro atoms. The Kier molecular flexibility index (Phi) is 6.85. The molecule has 1 aliphatic carbocycles. The number of aliphatic hydroxyl groups excluding tert-OH is 1. The fraction of sp³-hybridized carbons (Fsp3) is 0.565. The summed E-state index contributed by atoms with van der Waals surface area (Å²) in [7, 11) is -2.95. The Morgan fingerprint density at radius 3 is 2.34 bits per heavy atom. The molecule has 3 aliphatic rings. The summed E-state index contributed by atoms with van der Waals surface area (Å²) in [4.78, 5) is 28.6. The molecule has 2 heterocycles. The lowest BCUT2D eigenvalue weighted by Crippen LogP contribution is -2.44. The first-order valence-corrected chi connectivity index (χ1v) is 13.1. The molecule has 0 radical (unpaired) electrons. The number of benzene rings is 1. The summed E-state index contributed by atoms with van der Waals surface area (Å²) in [6.07, 6.45) is 3.73. The Bertz CT molecular complexity index is 970. The minimum absolute atomic E-state index is 0.0437. The van der Waals surface area contributed by atoms with Crippen molar-refractivity contribution in [2.75, 3.05) is 44.2 Å². The third-order valence-electron chi connectivity index (χ3n) is 6.86. The zero-order valence-corrected chi connectivity index (χ0v) is 19.0. The van der Waals surface area contributed by atoms with Crippen LogP contribution in [0.3, 0.4) is 0 Å². The van der Waals surface area contributed by atoms with E-state index in [9.17, 15) is 23.1 Å². The van der Waals surface area contributed by atoms with E-state index in [-0.39, 0.29) is 35.6 Å². The van der Waals surface area contributed by atoms with Crippen LogP contribution in [-0.4, -0.2) is 85.4 Å². The van der Waals surface area contributed by atoms with Crippen molar-refractivity contribution in [1.29, 1.82) is 0 Å². The Balaban J connectivity index is 1.25. The van der Waals surface area contributed by atoms with E-state index in [1.165, 1.54) is 10.5 Å². The van der Waals surface area contributed by atoms with Crippen LogP contribution in [0.5, 0.6) is 0 Å². The third kappa shape index (κ3) is 5.32. The molecule has 0 aromatic heterocycles. The largest absolute Gasteiger partial charge is 0.503 e. The highest BCUT2D eigenvalue weighted by molar-refractivity contribution is 7.91. The second-order valence-corrected chi connectivity index (χ2v) is 11.3. The van der Waals surface area contributed by atoms with Gasteiger partial charge in [-0.2, -0.15) is 0 Å². The molecule has 1 saturated heterocycles. The van der Waals surface area contributed by atoms with Crippen LogP contribution in [0.2, 0.25) is 0 Å². The maximum absolute atomic E-state index is 12.8. The summed E-state index contributed by atoms with van der Waals surface area (Å²) >= 11 is 0. The van der Waals surface area contributed by atoms with E-state index >= 15 is 0 Å². The second kappa shape index (κ2) is 9.62. The van der Waals surface area contributed by atoms with Crippen LogP contribution in [0.25, 0.3) is 0 Å². The van der Waals surface area contributed by atoms with Gasteiger partial charge in [0.05, 0.1) is 23.6 Å². The lowest BCUT2D eigenvalue weighted by molar-refractivity contribution is -0.128. The Morgan fingerprint density at radius 2 is 1.69 bits per heavy atom. The first-order chi connectivity index (χ1) is 15.3. The average molecular weight is 462 g/mol. The lowest BCUT2D eigenvalue weighted by Gasteiger charge is -2.29. The van der Waals surface area contributed by atoms with Gasteiger partial charge >= 0.3 is 0 Å². The van der Waals surface area contributed by atoms with Crippen molar-refractivity contribution in [3.8, 4) is 0 Å². The molecule has 1 aromatic rings. The topological polar surface area (TPSA) is 107 Å². The number of carbonyl (C=O) groups is 2. The number of aliphatic hydroxyl groups is 1. The van der Waals surface area contributed by atoms with Gasteiger partial charge in [0.25, 0.3) is 11.8 Å². The fourth-order valence-corrected chi connectivity index (χ4v) is 6.06. The van der Waals surface area contributed by atoms with Gasteiger partial charge in [0.2, 0.25) is 0 Å². The molecule has 1 saturated carbocycles. The van der Waals surface area contributed by atoms with Crippen molar-refractivity contribution < 1.29 is 23.1 Å². The number of hydrogen-bond acceptors (Lipinski definition) is 6. The van der Waals surface area contributed by atoms with Gasteiger partial charge in [0.15, 0.2) is 15.6 Å². The van der Waals surface area contributed by atoms with Gasteiger partial charge in [-0.05, 0) is 37.2 Å². The van der Waals surface area contributed by atoms with E-state index in [1.54, 1.807) is 0 Å². The predicted octanol–water partition coefficient (Wildman–Crippen LogP) is 1.21. The Labute approximate surface area is 189 Å². The molecule has 0 atom stereocenters. The second-order valence-electron chi connectivity index (χ2n) is 8.98. The van der Waals surface area contributed by atoms with Gasteiger partial charge in [0.1, 0.15) is 0 Å². The van der Waals surface area contributed by atoms with Crippen LogP contribution in [-0.2, 0) is 19.4 Å². The van der Waals surface area contributed by atoms with Gasteiger partial charge in [0, 0.05) is 32.2 Å². The van der Waals surface area contributed by atoms with Gasteiger partial charge < -0.3 is 15.3 Å². The summed E-state index contributed by atoms with van der Waals surface area (Å²) in [6.45, 7) is 1.85. The number of nitrogens with zero attached hydrogens (tertiary/aromatic N) is 2. The number of rotatable bonds is 6. The molecule has 1 aromatic carbocycles. The molecular weight excluding hydrogens is 430 g/mol. The van der Waals surface area contributed by atoms with E-state index in [2.05, 4.69) is 29.6 Å². The summed E-state index contributed by atoms with van der Waals surface area (Å²) in [5.41, 5.74) is 1.46. The SMILES string of the molecule is O=C(NC1CCC(c2ccccc2)CC1)C1=C(O)C(=O)N(CCN2CCS(=O)(=O)CC2)C1. The summed E-state index contributed by atoms with van der Waals surface area (Å²) in [5, 5.41) is 13.3. The van der Waals surface area contributed by atoms with Gasteiger partial charge in [-0.15, -0.1) is 0 Å². The van der Waals surface area contributed by atoms with Gasteiger partial charge in [-0.3, -0.25) is 14.5 Å². The van der Waals surface area contributed by atoms with Crippen LogP contribution in [0.15, 0.2) is 41.7 Å². The molecule has 174 valence electrons. The zero-order chi connectivity index (χ0) is 22.7. The molecule has 2 N–H and O–H groups in total. The standard InChI is InChI=1S/C23H31N3O5S/c27-21-20(16-26(23(21)29)11-10-25-12-14-32(30,31)15-13-25)22(28)24-19-8-6-18(7-9-19)17-4-2-1-3-5-17/h1-5,18-19,27H,6-16H2,(H,24,28). The molecule has 9 heteroatoms. The molecule has 2 aliphatic heterocycles. The highest BCUT2D eigenvalue weighted by Gasteiger charge is 2.35. The first kappa shape index (κ1) is 22.8. The van der Waals surface area contributed by atoms with E-state index in [4.69, 9.17) is 0 Å². The molecule has 4 rings (SSSR count). The molecule has 8 nitrogen and oxygen atoms in total. The number of amides is 2. The molecule has 0 bridgehead atoms. The third-order valence-corrected chi connectivity index (χ3v) is 8.46. The quantitative estimate of drug-likeness (QED) is 0.660. The van der Waals surface area contributed by atoms with E-state index < -0.39 is 21.5 Å². The maximum atomic E-state index is 12.8. The average Bonchev–Trinajstić information content (AvgIpc) is 3.08. The highest BCUT2D eigenvalue weighted by atomic mass is 32.2. The van der Waals surface area contributed by atoms with E-state index in [0.717, 1.165) is 25.7 Å². The smallest absolute Gasteiger partial charge is 0.289 e. The zero-order valence-electron chi connectivity index (χ0n) is 18.2. The van der Waals surface area contributed by atoms with E-state index in [1.807, 2.05) is 11.0 Å². The molecule has 2 amide bonds. The van der Waals surface area contributed by atoms with Crippen LogP contribution < -0.4 is 5.32 Å². The highest BCUT2D eigenvalue weighted by Crippen LogP contribution is 2.33. The molecule has 0 unspecified atom stereocenters. The predicted molar refractivity (Wildman–Crippen MR) is 121 cm³/mol. The van der Waals surface area contributed by atoms with E-state index in [0.29, 0.717) is 32.1 Å². The number of sulfone groups is 1. The van der Waals surface area contributed by atoms with Crippen LogP contribution in [0.4, 0.5) is 0 Å². The minimum atomic E-state index is -2.95. The van der Waals surface area contributed by atoms with Gasteiger partial charge in [-0.1, -0.05) is 30.3 Å². The molecule has 2 fully saturated rings. The molecular formula is C23H31N3O5S. The Morgan fingerprint density at radius 1 is 1.03 bits per heavy atom. The van der Waals surface area contributed by atoms with Crippen LogP contribution in [0.1, 0.15) is 37.2 Å².